The molecule has 0 unspecified atom stereocenters. The molecular weight excluding hydrogens is 312 g/mol. The molecule has 1 heterocycles. The van der Waals surface area contributed by atoms with E-state index in [1.54, 1.807) is 30.3 Å². The third-order valence-electron chi connectivity index (χ3n) is 3.13. The van der Waals surface area contributed by atoms with Gasteiger partial charge in [0, 0.05) is 10.4 Å². The number of ether oxygens (including phenoxy) is 1. The average Bonchev–Trinajstić information content (AvgIpc) is 2.46. The van der Waals surface area contributed by atoms with E-state index in [-0.39, 0.29) is 11.6 Å². The van der Waals surface area contributed by atoms with E-state index in [2.05, 4.69) is 14.7 Å². The van der Waals surface area contributed by atoms with Crippen LogP contribution < -0.4 is 10.5 Å². The Morgan fingerprint density at radius 1 is 1.14 bits per heavy atom. The molecule has 1 aromatic heterocycles. The number of alkyl halides is 2. The number of aromatic nitrogens is 2. The maximum absolute atomic E-state index is 12.7. The molecule has 0 saturated heterocycles. The van der Waals surface area contributed by atoms with Crippen molar-refractivity contribution in [1.82, 2.24) is 9.97 Å². The molecular formula is C15H10ClF2N3O. The van der Waals surface area contributed by atoms with Gasteiger partial charge in [-0.15, -0.1) is 0 Å². The first-order chi connectivity index (χ1) is 10.6. The first-order valence-electron chi connectivity index (χ1n) is 6.30. The highest BCUT2D eigenvalue weighted by atomic mass is 35.5. The molecule has 0 spiro atoms. The van der Waals surface area contributed by atoms with E-state index in [9.17, 15) is 8.78 Å². The SMILES string of the molecule is Nc1ncnc2c(-c3cccc(Cl)c3)c(OC(F)F)ccc12. The topological polar surface area (TPSA) is 61.0 Å². The number of nitrogens with zero attached hydrogens (tertiary/aromatic N) is 2. The lowest BCUT2D eigenvalue weighted by atomic mass is 10.0. The molecule has 0 fully saturated rings. The van der Waals surface area contributed by atoms with E-state index in [4.69, 9.17) is 17.3 Å². The third kappa shape index (κ3) is 2.65. The molecule has 3 aromatic rings. The van der Waals surface area contributed by atoms with Crippen molar-refractivity contribution < 1.29 is 13.5 Å². The van der Waals surface area contributed by atoms with Gasteiger partial charge in [-0.25, -0.2) is 9.97 Å². The molecule has 3 rings (SSSR count). The summed E-state index contributed by atoms with van der Waals surface area (Å²) in [6.45, 7) is -2.95. The second kappa shape index (κ2) is 5.73. The van der Waals surface area contributed by atoms with Crippen LogP contribution in [0.15, 0.2) is 42.7 Å². The highest BCUT2D eigenvalue weighted by molar-refractivity contribution is 6.31. The molecule has 2 N–H and O–H groups in total. The average molecular weight is 322 g/mol. The highest BCUT2D eigenvalue weighted by Gasteiger charge is 2.17. The predicted molar refractivity (Wildman–Crippen MR) is 81.0 cm³/mol. The van der Waals surface area contributed by atoms with E-state index >= 15 is 0 Å². The summed E-state index contributed by atoms with van der Waals surface area (Å²) in [6, 6.07) is 9.76. The number of benzene rings is 2. The minimum atomic E-state index is -2.95. The molecule has 22 heavy (non-hydrogen) atoms. The van der Waals surface area contributed by atoms with Crippen LogP contribution in [0.25, 0.3) is 22.0 Å². The predicted octanol–water partition coefficient (Wildman–Crippen LogP) is 4.13. The van der Waals surface area contributed by atoms with Gasteiger partial charge < -0.3 is 10.5 Å². The Bertz CT molecular complexity index is 842. The van der Waals surface area contributed by atoms with E-state index in [1.807, 2.05) is 0 Å². The molecule has 0 saturated carbocycles. The highest BCUT2D eigenvalue weighted by Crippen LogP contribution is 2.38. The van der Waals surface area contributed by atoms with E-state index in [0.29, 0.717) is 27.1 Å². The molecule has 4 nitrogen and oxygen atoms in total. The number of halogens is 3. The standard InChI is InChI=1S/C15H10ClF2N3O/c16-9-3-1-2-8(6-9)12-11(22-15(17)18)5-4-10-13(12)20-7-21-14(10)19/h1-7,15H,(H2,19,20,21). The molecule has 0 aliphatic rings. The van der Waals surface area contributed by atoms with Crippen molar-refractivity contribution in [2.75, 3.05) is 5.73 Å². The smallest absolute Gasteiger partial charge is 0.387 e. The first-order valence-corrected chi connectivity index (χ1v) is 6.68. The van der Waals surface area contributed by atoms with Crippen LogP contribution in [-0.2, 0) is 0 Å². The van der Waals surface area contributed by atoms with E-state index in [1.165, 1.54) is 12.4 Å². The molecule has 0 aliphatic carbocycles. The van der Waals surface area contributed by atoms with Gasteiger partial charge in [0.05, 0.1) is 11.1 Å². The molecule has 0 radical (unpaired) electrons. The Morgan fingerprint density at radius 3 is 2.68 bits per heavy atom. The van der Waals surface area contributed by atoms with Crippen molar-refractivity contribution in [3.05, 3.63) is 47.7 Å². The zero-order chi connectivity index (χ0) is 15.7. The van der Waals surface area contributed by atoms with Gasteiger partial charge in [-0.2, -0.15) is 8.78 Å². The van der Waals surface area contributed by atoms with Crippen LogP contribution in [0.4, 0.5) is 14.6 Å². The summed E-state index contributed by atoms with van der Waals surface area (Å²) in [4.78, 5) is 8.06. The number of nitrogens with two attached hydrogens (primary N) is 1. The summed E-state index contributed by atoms with van der Waals surface area (Å²) in [5.74, 6) is 0.264. The molecule has 112 valence electrons. The Balaban J connectivity index is 2.34. The first kappa shape index (κ1) is 14.5. The lowest BCUT2D eigenvalue weighted by Gasteiger charge is -2.14. The fourth-order valence-corrected chi connectivity index (χ4v) is 2.44. The second-order valence-corrected chi connectivity index (χ2v) is 4.92. The lowest BCUT2D eigenvalue weighted by Crippen LogP contribution is -2.04. The Hall–Kier alpha value is -2.47. The van der Waals surface area contributed by atoms with Crippen molar-refractivity contribution in [3.8, 4) is 16.9 Å². The fraction of sp³-hybridized carbons (Fsp3) is 0.0667. The van der Waals surface area contributed by atoms with Crippen LogP contribution in [0.2, 0.25) is 5.02 Å². The van der Waals surface area contributed by atoms with E-state index in [0.717, 1.165) is 0 Å². The van der Waals surface area contributed by atoms with Gasteiger partial charge in [0.25, 0.3) is 0 Å². The largest absolute Gasteiger partial charge is 0.434 e. The van der Waals surface area contributed by atoms with Crippen LogP contribution >= 0.6 is 11.6 Å². The summed E-state index contributed by atoms with van der Waals surface area (Å²) in [5.41, 5.74) is 7.24. The minimum Gasteiger partial charge on any atom is -0.434 e. The second-order valence-electron chi connectivity index (χ2n) is 4.48. The number of anilines is 1. The zero-order valence-corrected chi connectivity index (χ0v) is 11.9. The van der Waals surface area contributed by atoms with Crippen molar-refractivity contribution in [2.24, 2.45) is 0 Å². The maximum Gasteiger partial charge on any atom is 0.387 e. The number of hydrogen-bond donors (Lipinski definition) is 1. The maximum atomic E-state index is 12.7. The van der Waals surface area contributed by atoms with Gasteiger partial charge in [0.15, 0.2) is 0 Å². The quantitative estimate of drug-likeness (QED) is 0.787. The summed E-state index contributed by atoms with van der Waals surface area (Å²) < 4.78 is 29.9. The third-order valence-corrected chi connectivity index (χ3v) is 3.36. The van der Waals surface area contributed by atoms with Crippen molar-refractivity contribution in [3.63, 3.8) is 0 Å². The zero-order valence-electron chi connectivity index (χ0n) is 11.1. The molecule has 0 bridgehead atoms. The molecule has 2 aromatic carbocycles. The fourth-order valence-electron chi connectivity index (χ4n) is 2.25. The number of fused-ring (bicyclic) bond motifs is 1. The van der Waals surface area contributed by atoms with Crippen LogP contribution in [0.5, 0.6) is 5.75 Å². The normalized spacial score (nSPS) is 11.1. The van der Waals surface area contributed by atoms with Crippen LogP contribution in [0.3, 0.4) is 0 Å². The summed E-state index contributed by atoms with van der Waals surface area (Å²) in [5, 5.41) is 1.03. The number of nitrogen functional groups attached to an aromatic ring is 1. The van der Waals surface area contributed by atoms with Crippen LogP contribution in [0, 0.1) is 0 Å². The summed E-state index contributed by atoms with van der Waals surface area (Å²) in [6.07, 6.45) is 1.28. The Labute approximate surface area is 129 Å². The Kier molecular flexibility index (Phi) is 3.77. The Morgan fingerprint density at radius 2 is 1.95 bits per heavy atom. The van der Waals surface area contributed by atoms with Crippen LogP contribution in [0.1, 0.15) is 0 Å². The van der Waals surface area contributed by atoms with Gasteiger partial charge in [-0.1, -0.05) is 23.7 Å². The summed E-state index contributed by atoms with van der Waals surface area (Å²) in [7, 11) is 0. The van der Waals surface area contributed by atoms with Crippen molar-refractivity contribution in [2.45, 2.75) is 6.61 Å². The molecule has 0 amide bonds. The molecule has 0 atom stereocenters. The van der Waals surface area contributed by atoms with Gasteiger partial charge in [0.1, 0.15) is 17.9 Å². The minimum absolute atomic E-state index is 0.00265. The van der Waals surface area contributed by atoms with Gasteiger partial charge in [-0.05, 0) is 29.8 Å². The summed E-state index contributed by atoms with van der Waals surface area (Å²) >= 11 is 5.99. The molecule has 0 aliphatic heterocycles. The van der Waals surface area contributed by atoms with Gasteiger partial charge in [0.2, 0.25) is 0 Å². The lowest BCUT2D eigenvalue weighted by molar-refractivity contribution is -0.0493. The number of rotatable bonds is 3. The monoisotopic (exact) mass is 321 g/mol. The molecule has 7 heteroatoms. The van der Waals surface area contributed by atoms with Gasteiger partial charge >= 0.3 is 6.61 Å². The number of hydrogen-bond acceptors (Lipinski definition) is 4. The van der Waals surface area contributed by atoms with Crippen molar-refractivity contribution in [1.29, 1.82) is 0 Å². The van der Waals surface area contributed by atoms with Gasteiger partial charge in [-0.3, -0.25) is 0 Å². The van der Waals surface area contributed by atoms with Crippen molar-refractivity contribution >= 4 is 28.3 Å². The van der Waals surface area contributed by atoms with E-state index < -0.39 is 6.61 Å². The van der Waals surface area contributed by atoms with Crippen LogP contribution in [-0.4, -0.2) is 16.6 Å².